The summed E-state index contributed by atoms with van der Waals surface area (Å²) in [5.74, 6) is -0.312. The van der Waals surface area contributed by atoms with Crippen LogP contribution in [0.25, 0.3) is 11.1 Å². The molecule has 0 heterocycles. The van der Waals surface area contributed by atoms with E-state index in [-0.39, 0.29) is 24.8 Å². The number of fused-ring (bicyclic) bond motifs is 3. The Labute approximate surface area is 210 Å². The highest BCUT2D eigenvalue weighted by molar-refractivity contribution is 7.09. The number of carbonyl (C=O) groups excluding carboxylic acids is 1. The average Bonchev–Trinajstić information content (AvgIpc) is 3.22. The Kier molecular flexibility index (Phi) is 7.93. The molecule has 0 radical (unpaired) electrons. The van der Waals surface area contributed by atoms with E-state index in [1.54, 1.807) is 0 Å². The topological polar surface area (TPSA) is 104 Å². The lowest BCUT2D eigenvalue weighted by Gasteiger charge is -2.23. The number of hydrogen-bond acceptors (Lipinski definition) is 7. The van der Waals surface area contributed by atoms with Gasteiger partial charge in [0, 0.05) is 27.5 Å². The van der Waals surface area contributed by atoms with E-state index in [0.717, 1.165) is 27.3 Å². The highest BCUT2D eigenvalue weighted by Gasteiger charge is 2.30. The predicted octanol–water partition coefficient (Wildman–Crippen LogP) is 4.64. The molecule has 9 nitrogen and oxygen atoms in total. The lowest BCUT2D eigenvalue weighted by atomic mass is 9.98. The molecule has 188 valence electrons. The number of hydroxylamine groups is 2. The molecule has 1 aliphatic rings. The van der Waals surface area contributed by atoms with E-state index in [1.807, 2.05) is 45.9 Å². The summed E-state index contributed by atoms with van der Waals surface area (Å²) in [5, 5.41) is 9.89. The van der Waals surface area contributed by atoms with Crippen molar-refractivity contribution >= 4 is 21.5 Å². The summed E-state index contributed by atoms with van der Waals surface area (Å²) >= 11 is 0. The lowest BCUT2D eigenvalue weighted by Crippen LogP contribution is -2.30. The van der Waals surface area contributed by atoms with Crippen LogP contribution in [0.5, 0.6) is 17.2 Å². The van der Waals surface area contributed by atoms with Gasteiger partial charge >= 0.3 is 12.1 Å². The van der Waals surface area contributed by atoms with Gasteiger partial charge in [-0.15, -0.1) is 0 Å². The maximum absolute atomic E-state index is 13.0. The van der Waals surface area contributed by atoms with Crippen molar-refractivity contribution < 1.29 is 38.3 Å². The van der Waals surface area contributed by atoms with Crippen molar-refractivity contribution in [1.82, 2.24) is 5.06 Å². The smallest absolute Gasteiger partial charge is 0.434 e. The zero-order chi connectivity index (χ0) is 25.7. The number of ether oxygens (including phenoxy) is 4. The number of carbonyl (C=O) groups is 2. The van der Waals surface area contributed by atoms with E-state index < -0.39 is 18.7 Å². The van der Waals surface area contributed by atoms with Crippen LogP contribution in [-0.2, 0) is 20.7 Å². The lowest BCUT2D eigenvalue weighted by molar-refractivity contribution is -0.139. The van der Waals surface area contributed by atoms with Crippen LogP contribution in [0.1, 0.15) is 22.6 Å². The van der Waals surface area contributed by atoms with Gasteiger partial charge in [-0.3, -0.25) is 4.62 Å². The first kappa shape index (κ1) is 25.3. The Hall–Kier alpha value is -3.81. The van der Waals surface area contributed by atoms with Gasteiger partial charge < -0.3 is 24.1 Å². The number of amides is 1. The van der Waals surface area contributed by atoms with Crippen LogP contribution in [-0.4, -0.2) is 49.7 Å². The second-order valence-electron chi connectivity index (χ2n) is 7.93. The molecule has 3 aromatic carbocycles. The Morgan fingerprint density at radius 1 is 0.944 bits per heavy atom. The van der Waals surface area contributed by atoms with Crippen LogP contribution in [0.3, 0.4) is 0 Å². The molecule has 10 heteroatoms. The number of hydrogen-bond donors (Lipinski definition) is 1. The van der Waals surface area contributed by atoms with E-state index in [9.17, 15) is 9.59 Å². The average molecular weight is 511 g/mol. The van der Waals surface area contributed by atoms with Crippen molar-refractivity contribution in [3.05, 3.63) is 77.4 Å². The first-order valence-corrected chi connectivity index (χ1v) is 11.5. The summed E-state index contributed by atoms with van der Waals surface area (Å²) in [6.45, 7) is -0.453. The molecular weight excluding hydrogens is 485 g/mol. The maximum atomic E-state index is 13.0. The first-order chi connectivity index (χ1) is 17.5. The van der Waals surface area contributed by atoms with Crippen LogP contribution in [0.4, 0.5) is 4.79 Å². The summed E-state index contributed by atoms with van der Waals surface area (Å²) in [6, 6.07) is 19.2. The van der Waals surface area contributed by atoms with Gasteiger partial charge in [0.15, 0.2) is 6.61 Å². The fourth-order valence-corrected chi connectivity index (χ4v) is 4.46. The van der Waals surface area contributed by atoms with Crippen LogP contribution < -0.4 is 14.2 Å². The molecule has 0 saturated heterocycles. The molecule has 1 N–H and O–H groups in total. The van der Waals surface area contributed by atoms with Crippen LogP contribution in [0.2, 0.25) is 0 Å². The third-order valence-electron chi connectivity index (χ3n) is 5.91. The zero-order valence-corrected chi connectivity index (χ0v) is 21.0. The Morgan fingerprint density at radius 2 is 1.50 bits per heavy atom. The monoisotopic (exact) mass is 511 g/mol. The molecule has 0 saturated carbocycles. The molecule has 1 aliphatic carbocycles. The second-order valence-corrected chi connectivity index (χ2v) is 8.15. The van der Waals surface area contributed by atoms with Gasteiger partial charge in [-0.2, -0.15) is 5.06 Å². The number of benzene rings is 3. The largest absolute Gasteiger partial charge is 0.496 e. The number of aliphatic carboxylic acids is 1. The standard InChI is InChI=1S/C26H26NO8P/c1-31-23-11-16(33-15-25(28)29)12-24(32-2)21(23)13-27(35-36)26(30)34-14-22-19-9-5-3-7-17(19)18-8-4-6-10-20(18)22/h3-12,22H,13-15,36H2,1-2H3,(H,28,29). The summed E-state index contributed by atoms with van der Waals surface area (Å²) in [6.07, 6.45) is -0.692. The highest BCUT2D eigenvalue weighted by atomic mass is 31.0. The molecule has 36 heavy (non-hydrogen) atoms. The molecule has 0 fully saturated rings. The maximum Gasteiger partial charge on any atom is 0.434 e. The number of carboxylic acids is 1. The van der Waals surface area contributed by atoms with Gasteiger partial charge in [0.05, 0.1) is 26.3 Å². The van der Waals surface area contributed by atoms with E-state index >= 15 is 0 Å². The molecule has 1 amide bonds. The number of carboxylic acid groups (broad SMARTS) is 1. The molecule has 0 aliphatic heterocycles. The summed E-state index contributed by atoms with van der Waals surface area (Å²) in [7, 11) is 4.92. The normalized spacial score (nSPS) is 11.9. The minimum atomic E-state index is -1.12. The van der Waals surface area contributed by atoms with Gasteiger partial charge in [0.2, 0.25) is 0 Å². The van der Waals surface area contributed by atoms with E-state index in [1.165, 1.54) is 26.4 Å². The molecule has 1 unspecified atom stereocenters. The van der Waals surface area contributed by atoms with Crippen molar-refractivity contribution in [3.8, 4) is 28.4 Å². The number of nitrogens with zero attached hydrogens (tertiary/aromatic N) is 1. The second kappa shape index (κ2) is 11.3. The van der Waals surface area contributed by atoms with Gasteiger partial charge in [-0.1, -0.05) is 48.5 Å². The molecule has 0 spiro atoms. The minimum Gasteiger partial charge on any atom is -0.496 e. The summed E-state index contributed by atoms with van der Waals surface area (Å²) in [5.41, 5.74) is 4.95. The molecule has 0 aromatic heterocycles. The first-order valence-electron chi connectivity index (χ1n) is 11.1. The summed E-state index contributed by atoms with van der Waals surface area (Å²) in [4.78, 5) is 23.8. The van der Waals surface area contributed by atoms with Crippen LogP contribution in [0.15, 0.2) is 60.7 Å². The van der Waals surface area contributed by atoms with Crippen LogP contribution in [0, 0.1) is 0 Å². The van der Waals surface area contributed by atoms with E-state index in [0.29, 0.717) is 17.1 Å². The third kappa shape index (κ3) is 5.22. The van der Waals surface area contributed by atoms with Gasteiger partial charge in [-0.05, 0) is 22.3 Å². The van der Waals surface area contributed by atoms with E-state index in [2.05, 4.69) is 12.1 Å². The van der Waals surface area contributed by atoms with Crippen molar-refractivity contribution in [2.45, 2.75) is 12.5 Å². The zero-order valence-electron chi connectivity index (χ0n) is 19.8. The van der Waals surface area contributed by atoms with Crippen molar-refractivity contribution in [2.75, 3.05) is 27.4 Å². The van der Waals surface area contributed by atoms with Gasteiger partial charge in [-0.25, -0.2) is 9.59 Å². The Bertz CT molecular complexity index is 1190. The highest BCUT2D eigenvalue weighted by Crippen LogP contribution is 2.44. The van der Waals surface area contributed by atoms with Crippen molar-refractivity contribution in [2.24, 2.45) is 0 Å². The summed E-state index contributed by atoms with van der Waals surface area (Å²) < 4.78 is 27.0. The molecule has 1 atom stereocenters. The molecular formula is C26H26NO8P. The number of methoxy groups -OCH3 is 2. The Balaban J connectivity index is 1.50. The quantitative estimate of drug-likeness (QED) is 0.310. The third-order valence-corrected chi connectivity index (χ3v) is 6.17. The van der Waals surface area contributed by atoms with Gasteiger partial charge in [0.25, 0.3) is 0 Å². The SMILES string of the molecule is COc1cc(OCC(=O)O)cc(OC)c1CN(OP)C(=O)OCC1c2ccccc2-c2ccccc21. The van der Waals surface area contributed by atoms with Crippen LogP contribution >= 0.6 is 9.47 Å². The van der Waals surface area contributed by atoms with Gasteiger partial charge in [0.1, 0.15) is 23.9 Å². The Morgan fingerprint density at radius 3 is 2.00 bits per heavy atom. The van der Waals surface area contributed by atoms with E-state index in [4.69, 9.17) is 28.7 Å². The minimum absolute atomic E-state index is 0.0638. The fourth-order valence-electron chi connectivity index (χ4n) is 4.30. The molecule has 4 rings (SSSR count). The van der Waals surface area contributed by atoms with Crippen molar-refractivity contribution in [1.29, 1.82) is 0 Å². The fraction of sp³-hybridized carbons (Fsp3) is 0.231. The molecule has 3 aromatic rings. The number of rotatable bonds is 10. The predicted molar refractivity (Wildman–Crippen MR) is 134 cm³/mol. The van der Waals surface area contributed by atoms with Crippen molar-refractivity contribution in [3.63, 3.8) is 0 Å². The molecule has 0 bridgehead atoms.